The van der Waals surface area contributed by atoms with Gasteiger partial charge in [-0.2, -0.15) is 5.26 Å². The average Bonchev–Trinajstić information content (AvgIpc) is 2.56. The molecule has 9 heteroatoms. The van der Waals surface area contributed by atoms with Crippen molar-refractivity contribution in [1.82, 2.24) is 0 Å². The second-order valence-corrected chi connectivity index (χ2v) is 7.33. The monoisotopic (exact) mass is 379 g/mol. The van der Waals surface area contributed by atoms with Gasteiger partial charge in [0.25, 0.3) is 0 Å². The molecule has 0 aliphatic rings. The van der Waals surface area contributed by atoms with Gasteiger partial charge < -0.3 is 5.32 Å². The van der Waals surface area contributed by atoms with Gasteiger partial charge in [0.1, 0.15) is 11.6 Å². The quantitative estimate of drug-likeness (QED) is 0.835. The Morgan fingerprint density at radius 2 is 1.96 bits per heavy atom. The van der Waals surface area contributed by atoms with Crippen molar-refractivity contribution in [3.63, 3.8) is 0 Å². The van der Waals surface area contributed by atoms with Crippen molar-refractivity contribution in [2.24, 2.45) is 0 Å². The molecule has 1 N–H and O–H groups in total. The Bertz CT molecular complexity index is 971. The van der Waals surface area contributed by atoms with Crippen LogP contribution in [-0.2, 0) is 14.8 Å². The second kappa shape index (κ2) is 7.93. The first-order valence-electron chi connectivity index (χ1n) is 7.43. The summed E-state index contributed by atoms with van der Waals surface area (Å²) in [5.41, 5.74) is 0.315. The highest BCUT2D eigenvalue weighted by atomic mass is 32.2. The summed E-state index contributed by atoms with van der Waals surface area (Å²) >= 11 is 0. The molecule has 0 unspecified atom stereocenters. The molecule has 0 saturated carbocycles. The number of carbonyl (C=O) groups is 1. The molecule has 0 saturated heterocycles. The van der Waals surface area contributed by atoms with Crippen molar-refractivity contribution in [3.05, 3.63) is 59.7 Å². The average molecular weight is 379 g/mol. The molecule has 0 spiro atoms. The molecule has 2 aromatic carbocycles. The van der Waals surface area contributed by atoms with Crippen molar-refractivity contribution < 1.29 is 22.0 Å². The van der Waals surface area contributed by atoms with E-state index in [9.17, 15) is 22.0 Å². The highest BCUT2D eigenvalue weighted by molar-refractivity contribution is 7.92. The Morgan fingerprint density at radius 1 is 1.23 bits per heavy atom. The second-order valence-electron chi connectivity index (χ2n) is 5.42. The Labute approximate surface area is 149 Å². The summed E-state index contributed by atoms with van der Waals surface area (Å²) in [6, 6.07) is 10.5. The van der Waals surface area contributed by atoms with E-state index in [2.05, 4.69) is 5.32 Å². The first-order chi connectivity index (χ1) is 12.2. The highest BCUT2D eigenvalue weighted by Crippen LogP contribution is 2.20. The zero-order chi connectivity index (χ0) is 19.3. The van der Waals surface area contributed by atoms with Crippen molar-refractivity contribution in [1.29, 1.82) is 5.26 Å². The number of hydrogen-bond donors (Lipinski definition) is 1. The normalized spacial score (nSPS) is 10.8. The number of hydrogen-bond acceptors (Lipinski definition) is 4. The van der Waals surface area contributed by atoms with E-state index in [1.165, 1.54) is 24.3 Å². The maximum atomic E-state index is 13.6. The maximum Gasteiger partial charge on any atom is 0.232 e. The Morgan fingerprint density at radius 3 is 2.58 bits per heavy atom. The summed E-state index contributed by atoms with van der Waals surface area (Å²) in [6.45, 7) is -0.206. The first-order valence-corrected chi connectivity index (χ1v) is 9.28. The number of benzene rings is 2. The maximum absolute atomic E-state index is 13.6. The summed E-state index contributed by atoms with van der Waals surface area (Å²) in [4.78, 5) is 12.0. The predicted molar refractivity (Wildman–Crippen MR) is 93.0 cm³/mol. The lowest BCUT2D eigenvalue weighted by Crippen LogP contribution is -2.33. The van der Waals surface area contributed by atoms with Crippen LogP contribution in [0.1, 0.15) is 12.0 Å². The van der Waals surface area contributed by atoms with Crippen LogP contribution in [0, 0.1) is 23.0 Å². The molecule has 26 heavy (non-hydrogen) atoms. The Kier molecular flexibility index (Phi) is 5.90. The topological polar surface area (TPSA) is 90.3 Å². The molecule has 0 aliphatic carbocycles. The van der Waals surface area contributed by atoms with E-state index in [1.54, 1.807) is 0 Å². The fourth-order valence-corrected chi connectivity index (χ4v) is 3.14. The SMILES string of the molecule is CS(=O)(=O)N(CCC(=O)Nc1ccc(F)cc1F)c1cccc(C#N)c1. The fraction of sp³-hybridized carbons (Fsp3) is 0.176. The number of rotatable bonds is 6. The van der Waals surface area contributed by atoms with Crippen molar-refractivity contribution >= 4 is 27.3 Å². The Hall–Kier alpha value is -2.99. The third kappa shape index (κ3) is 5.00. The zero-order valence-electron chi connectivity index (χ0n) is 13.7. The van der Waals surface area contributed by atoms with Gasteiger partial charge in [0.15, 0.2) is 0 Å². The van der Waals surface area contributed by atoms with Crippen LogP contribution < -0.4 is 9.62 Å². The lowest BCUT2D eigenvalue weighted by molar-refractivity contribution is -0.116. The smallest absolute Gasteiger partial charge is 0.232 e. The number of amides is 1. The standard InChI is InChI=1S/C17H15F2N3O3S/c1-26(24,25)22(14-4-2-3-12(9-14)11-20)8-7-17(23)21-16-6-5-13(18)10-15(16)19/h2-6,9-10H,7-8H2,1H3,(H,21,23). The van der Waals surface area contributed by atoms with Gasteiger partial charge in [-0.25, -0.2) is 17.2 Å². The summed E-state index contributed by atoms with van der Waals surface area (Å²) < 4.78 is 51.4. The van der Waals surface area contributed by atoms with E-state index < -0.39 is 27.6 Å². The summed E-state index contributed by atoms with van der Waals surface area (Å²) in [6.07, 6.45) is 0.713. The van der Waals surface area contributed by atoms with E-state index in [1.807, 2.05) is 6.07 Å². The number of nitriles is 1. The molecule has 0 aliphatic heterocycles. The minimum atomic E-state index is -3.70. The van der Waals surface area contributed by atoms with Crippen LogP contribution in [-0.4, -0.2) is 27.1 Å². The van der Waals surface area contributed by atoms with Crippen molar-refractivity contribution in [3.8, 4) is 6.07 Å². The molecular weight excluding hydrogens is 364 g/mol. The van der Waals surface area contributed by atoms with Crippen LogP contribution in [0.25, 0.3) is 0 Å². The third-order valence-electron chi connectivity index (χ3n) is 3.41. The van der Waals surface area contributed by atoms with Gasteiger partial charge >= 0.3 is 0 Å². The number of anilines is 2. The van der Waals surface area contributed by atoms with Gasteiger partial charge in [-0.05, 0) is 30.3 Å². The van der Waals surface area contributed by atoms with E-state index in [-0.39, 0.29) is 29.9 Å². The minimum Gasteiger partial charge on any atom is -0.324 e. The third-order valence-corrected chi connectivity index (χ3v) is 4.60. The van der Waals surface area contributed by atoms with Crippen molar-refractivity contribution in [2.45, 2.75) is 6.42 Å². The molecule has 0 bridgehead atoms. The van der Waals surface area contributed by atoms with Gasteiger partial charge in [0.05, 0.1) is 29.3 Å². The van der Waals surface area contributed by atoms with Gasteiger partial charge in [-0.3, -0.25) is 9.10 Å². The van der Waals surface area contributed by atoms with Crippen LogP contribution in [0.2, 0.25) is 0 Å². The number of carbonyl (C=O) groups excluding carboxylic acids is 1. The Balaban J connectivity index is 2.12. The van der Waals surface area contributed by atoms with E-state index >= 15 is 0 Å². The summed E-state index contributed by atoms with van der Waals surface area (Å²) in [5.74, 6) is -2.35. The predicted octanol–water partition coefficient (Wildman–Crippen LogP) is 2.63. The van der Waals surface area contributed by atoms with Crippen molar-refractivity contribution in [2.75, 3.05) is 22.4 Å². The molecule has 0 aromatic heterocycles. The van der Waals surface area contributed by atoms with Gasteiger partial charge in [-0.1, -0.05) is 6.07 Å². The van der Waals surface area contributed by atoms with Gasteiger partial charge in [0, 0.05) is 19.0 Å². The number of halogens is 2. The molecule has 2 aromatic rings. The minimum absolute atomic E-state index is 0.200. The van der Waals surface area contributed by atoms with E-state index in [4.69, 9.17) is 5.26 Å². The molecule has 136 valence electrons. The highest BCUT2D eigenvalue weighted by Gasteiger charge is 2.19. The van der Waals surface area contributed by atoms with Gasteiger partial charge in [0.2, 0.25) is 15.9 Å². The zero-order valence-corrected chi connectivity index (χ0v) is 14.6. The molecule has 0 heterocycles. The largest absolute Gasteiger partial charge is 0.324 e. The fourth-order valence-electron chi connectivity index (χ4n) is 2.22. The number of nitrogens with zero attached hydrogens (tertiary/aromatic N) is 2. The molecule has 0 radical (unpaired) electrons. The molecule has 0 atom stereocenters. The molecule has 2 rings (SSSR count). The van der Waals surface area contributed by atoms with Gasteiger partial charge in [-0.15, -0.1) is 0 Å². The number of sulfonamides is 1. The molecule has 6 nitrogen and oxygen atoms in total. The van der Waals surface area contributed by atoms with Crippen LogP contribution in [0.4, 0.5) is 20.2 Å². The summed E-state index contributed by atoms with van der Waals surface area (Å²) in [7, 11) is -3.70. The molecular formula is C17H15F2N3O3S. The van der Waals surface area contributed by atoms with Crippen LogP contribution in [0.3, 0.4) is 0 Å². The lowest BCUT2D eigenvalue weighted by Gasteiger charge is -2.22. The van der Waals surface area contributed by atoms with Crippen LogP contribution in [0.5, 0.6) is 0 Å². The molecule has 0 fully saturated rings. The van der Waals surface area contributed by atoms with E-state index in [0.717, 1.165) is 22.7 Å². The van der Waals surface area contributed by atoms with Crippen LogP contribution in [0.15, 0.2) is 42.5 Å². The lowest BCUT2D eigenvalue weighted by atomic mass is 10.2. The van der Waals surface area contributed by atoms with E-state index in [0.29, 0.717) is 6.07 Å². The number of nitrogens with one attached hydrogen (secondary N) is 1. The van der Waals surface area contributed by atoms with Crippen LogP contribution >= 0.6 is 0 Å². The molecule has 1 amide bonds. The first kappa shape index (κ1) is 19.3. The summed E-state index contributed by atoms with van der Waals surface area (Å²) in [5, 5.41) is 11.2.